The predicted octanol–water partition coefficient (Wildman–Crippen LogP) is 1.70. The number of phenolic OH excluding ortho intramolecular Hbond substituents is 1. The van der Waals surface area contributed by atoms with Gasteiger partial charge in [0.25, 0.3) is 0 Å². The van der Waals surface area contributed by atoms with Crippen LogP contribution in [0.4, 0.5) is 5.69 Å². The van der Waals surface area contributed by atoms with Crippen LogP contribution in [-0.2, 0) is 14.2 Å². The smallest absolute Gasteiger partial charge is 0.488 e. The van der Waals surface area contributed by atoms with Crippen LogP contribution < -0.4 is 15.1 Å². The number of hydrogen-bond donors (Lipinski definition) is 4. The second-order valence-corrected chi connectivity index (χ2v) is 10.8. The van der Waals surface area contributed by atoms with E-state index < -0.39 is 38.1 Å². The first-order valence-electron chi connectivity index (χ1n) is 12.1. The molecule has 2 aliphatic heterocycles. The maximum Gasteiger partial charge on any atom is 0.488 e. The van der Waals surface area contributed by atoms with Crippen molar-refractivity contribution in [3.05, 3.63) is 56.6 Å². The molecule has 0 saturated carbocycles. The Morgan fingerprint density at radius 1 is 1.19 bits per heavy atom. The van der Waals surface area contributed by atoms with Crippen molar-refractivity contribution in [1.82, 2.24) is 0 Å². The molecule has 5 rings (SSSR count). The third-order valence-electron chi connectivity index (χ3n) is 7.71. The van der Waals surface area contributed by atoms with E-state index in [1.807, 2.05) is 29.5 Å². The van der Waals surface area contributed by atoms with Crippen LogP contribution in [0.3, 0.4) is 0 Å². The first-order chi connectivity index (χ1) is 17.7. The lowest BCUT2D eigenvalue weighted by Crippen LogP contribution is -2.44. The third kappa shape index (κ3) is 4.38. The summed E-state index contributed by atoms with van der Waals surface area (Å²) in [7, 11) is -1.51. The molecular weight excluding hydrogens is 591 g/mol. The second kappa shape index (κ2) is 10.1. The van der Waals surface area contributed by atoms with Gasteiger partial charge in [-0.05, 0) is 88.5 Å². The van der Waals surface area contributed by atoms with E-state index in [-0.39, 0.29) is 34.5 Å². The Balaban J connectivity index is 1.54. The molecule has 1 aliphatic carbocycles. The van der Waals surface area contributed by atoms with Crippen LogP contribution >= 0.6 is 22.6 Å². The number of aromatic hydroxyl groups is 1. The number of benzene rings is 2. The van der Waals surface area contributed by atoms with E-state index in [1.54, 1.807) is 24.3 Å². The number of carbonyl (C=O) groups excluding carboxylic acids is 2. The molecular formula is C25H26B2INO8. The van der Waals surface area contributed by atoms with Gasteiger partial charge in [0.2, 0.25) is 11.8 Å². The number of nitrogens with zero attached hydrogens (tertiary/aromatic N) is 1. The van der Waals surface area contributed by atoms with Crippen molar-refractivity contribution in [2.75, 3.05) is 12.0 Å². The molecule has 9 nitrogen and oxygen atoms in total. The molecule has 4 N–H and O–H groups in total. The van der Waals surface area contributed by atoms with E-state index >= 15 is 0 Å². The summed E-state index contributed by atoms with van der Waals surface area (Å²) < 4.78 is 11.9. The van der Waals surface area contributed by atoms with Crippen LogP contribution in [0.5, 0.6) is 11.5 Å². The Labute approximate surface area is 228 Å². The van der Waals surface area contributed by atoms with Crippen molar-refractivity contribution in [3.63, 3.8) is 0 Å². The fourth-order valence-corrected chi connectivity index (χ4v) is 6.60. The molecule has 0 aromatic heterocycles. The van der Waals surface area contributed by atoms with Gasteiger partial charge in [-0.25, -0.2) is 0 Å². The topological polar surface area (TPSA) is 137 Å². The summed E-state index contributed by atoms with van der Waals surface area (Å²) in [5.74, 6) is -2.10. The van der Waals surface area contributed by atoms with Crippen LogP contribution in [0.25, 0.3) is 0 Å². The Kier molecular flexibility index (Phi) is 7.14. The lowest BCUT2D eigenvalue weighted by atomic mass is 9.55. The summed E-state index contributed by atoms with van der Waals surface area (Å²) in [5, 5.41) is 40.5. The number of carbonyl (C=O) groups is 2. The number of amides is 2. The van der Waals surface area contributed by atoms with Crippen molar-refractivity contribution in [3.8, 4) is 11.5 Å². The number of fused-ring (bicyclic) bond motifs is 3. The molecule has 4 atom stereocenters. The van der Waals surface area contributed by atoms with Crippen molar-refractivity contribution >= 4 is 59.8 Å². The summed E-state index contributed by atoms with van der Waals surface area (Å²) in [5.41, 5.74) is 2.74. The highest BCUT2D eigenvalue weighted by atomic mass is 127. The molecule has 0 bridgehead atoms. The fraction of sp³-hybridized carbons (Fsp3) is 0.360. The first kappa shape index (κ1) is 26.2. The van der Waals surface area contributed by atoms with Crippen LogP contribution in [0.1, 0.15) is 37.9 Å². The van der Waals surface area contributed by atoms with Gasteiger partial charge in [-0.3, -0.25) is 14.5 Å². The predicted molar refractivity (Wildman–Crippen MR) is 145 cm³/mol. The second-order valence-electron chi connectivity index (χ2n) is 9.60. The van der Waals surface area contributed by atoms with E-state index in [0.29, 0.717) is 33.9 Å². The van der Waals surface area contributed by atoms with Crippen LogP contribution in [-0.4, -0.2) is 53.3 Å². The average molecular weight is 617 g/mol. The number of halogens is 1. The summed E-state index contributed by atoms with van der Waals surface area (Å²) >= 11 is 2.00. The van der Waals surface area contributed by atoms with Gasteiger partial charge in [0.1, 0.15) is 0 Å². The standard InChI is InChI=1S/C25H26B2INO8/c1-3-12-7-17-21(25(32)29(24(17)31)15-6-4-5-14(10-15)26(33)34)16-11-19(37-27(35)22(12)16)13-8-18(28)23(30)20(9-13)36-2/h4-6,8-10,16-17,19,21,30,33-35H,3,7,11H2,1-2H3/t16-,17-,19-,21+/m0/s1. The number of phenols is 1. The van der Waals surface area contributed by atoms with Gasteiger partial charge in [-0.15, -0.1) is 0 Å². The van der Waals surface area contributed by atoms with Crippen LogP contribution in [0.2, 0.25) is 0 Å². The van der Waals surface area contributed by atoms with Crippen molar-refractivity contribution in [2.45, 2.75) is 32.3 Å². The molecule has 0 unspecified atom stereocenters. The normalized spacial score (nSPS) is 25.4. The molecule has 0 radical (unpaired) electrons. The highest BCUT2D eigenvalue weighted by Gasteiger charge is 2.58. The van der Waals surface area contributed by atoms with Gasteiger partial charge >= 0.3 is 14.2 Å². The lowest BCUT2D eigenvalue weighted by Gasteiger charge is -2.42. The SMILES string of the molecule is CCC1=C2B(O)O[C@H](c3cc(I)c(O)c(OC)c3)C[C@H]2[C@H]2C(=O)N(c3cccc(B(O)O)c3)C(=O)[C@H]2C1. The number of hydrogen-bond acceptors (Lipinski definition) is 8. The summed E-state index contributed by atoms with van der Waals surface area (Å²) in [6.07, 6.45) is 0.738. The number of anilines is 1. The maximum absolute atomic E-state index is 13.8. The zero-order valence-electron chi connectivity index (χ0n) is 20.3. The number of methoxy groups -OCH3 is 1. The molecule has 2 amide bonds. The first-order valence-corrected chi connectivity index (χ1v) is 13.2. The van der Waals surface area contributed by atoms with Gasteiger partial charge in [0.15, 0.2) is 11.5 Å². The fourth-order valence-electron chi connectivity index (χ4n) is 5.98. The minimum Gasteiger partial charge on any atom is -0.504 e. The molecule has 2 saturated heterocycles. The third-order valence-corrected chi connectivity index (χ3v) is 8.53. The van der Waals surface area contributed by atoms with E-state index in [0.717, 1.165) is 10.5 Å². The van der Waals surface area contributed by atoms with Crippen molar-refractivity contribution in [2.24, 2.45) is 17.8 Å². The Hall–Kier alpha value is -2.38. The zero-order chi connectivity index (χ0) is 26.6. The Morgan fingerprint density at radius 3 is 2.62 bits per heavy atom. The van der Waals surface area contributed by atoms with Gasteiger partial charge < -0.3 is 29.6 Å². The molecule has 2 aromatic rings. The molecule has 192 valence electrons. The van der Waals surface area contributed by atoms with Gasteiger partial charge in [0, 0.05) is 0 Å². The van der Waals surface area contributed by atoms with Gasteiger partial charge in [-0.2, -0.15) is 0 Å². The summed E-state index contributed by atoms with van der Waals surface area (Å²) in [4.78, 5) is 28.5. The van der Waals surface area contributed by atoms with Crippen LogP contribution in [0.15, 0.2) is 47.4 Å². The summed E-state index contributed by atoms with van der Waals surface area (Å²) in [6.45, 7) is 1.96. The Morgan fingerprint density at radius 2 is 1.95 bits per heavy atom. The highest BCUT2D eigenvalue weighted by molar-refractivity contribution is 14.1. The van der Waals surface area contributed by atoms with Gasteiger partial charge in [0.05, 0.1) is 34.3 Å². The van der Waals surface area contributed by atoms with E-state index in [9.17, 15) is 29.8 Å². The van der Waals surface area contributed by atoms with Crippen molar-refractivity contribution in [1.29, 1.82) is 0 Å². The van der Waals surface area contributed by atoms with Crippen LogP contribution in [0, 0.1) is 21.3 Å². The van der Waals surface area contributed by atoms with Crippen molar-refractivity contribution < 1.29 is 39.2 Å². The minimum atomic E-state index is -1.73. The van der Waals surface area contributed by atoms with E-state index in [2.05, 4.69) is 0 Å². The lowest BCUT2D eigenvalue weighted by molar-refractivity contribution is -0.123. The summed E-state index contributed by atoms with van der Waals surface area (Å²) in [6, 6.07) is 9.52. The number of imide groups is 1. The molecule has 0 spiro atoms. The molecule has 3 aliphatic rings. The average Bonchev–Trinajstić information content (AvgIpc) is 3.14. The maximum atomic E-state index is 13.8. The minimum absolute atomic E-state index is 0.0113. The monoisotopic (exact) mass is 617 g/mol. The van der Waals surface area contributed by atoms with Gasteiger partial charge in [-0.1, -0.05) is 24.6 Å². The quantitative estimate of drug-likeness (QED) is 0.226. The Bertz CT molecular complexity index is 1300. The zero-order valence-corrected chi connectivity index (χ0v) is 22.5. The highest BCUT2D eigenvalue weighted by Crippen LogP contribution is 2.53. The number of allylic oxidation sites excluding steroid dienone is 2. The number of rotatable bonds is 5. The molecule has 12 heteroatoms. The molecule has 2 aromatic carbocycles. The van der Waals surface area contributed by atoms with E-state index in [1.165, 1.54) is 19.2 Å². The molecule has 37 heavy (non-hydrogen) atoms. The molecule has 2 fully saturated rings. The van der Waals surface area contributed by atoms with E-state index in [4.69, 9.17) is 9.39 Å². The number of ether oxygens (including phenoxy) is 1. The largest absolute Gasteiger partial charge is 0.504 e. The molecule has 2 heterocycles.